The summed E-state index contributed by atoms with van der Waals surface area (Å²) in [6.07, 6.45) is 2.69. The van der Waals surface area contributed by atoms with E-state index in [1.54, 1.807) is 6.20 Å². The number of hydrogen-bond donors (Lipinski definition) is 0. The van der Waals surface area contributed by atoms with Crippen LogP contribution in [0.1, 0.15) is 26.5 Å². The lowest BCUT2D eigenvalue weighted by atomic mass is 10.2. The average Bonchev–Trinajstić information content (AvgIpc) is 2.31. The van der Waals surface area contributed by atoms with Crippen LogP contribution in [0.5, 0.6) is 0 Å². The first-order valence-corrected chi connectivity index (χ1v) is 4.12. The standard InChI is InChI=1S/C9H14N2O2/c1-7-5-11(6-10-7)8(12)13-9(2,3)4/h5-6H,1-4H3. The van der Waals surface area contributed by atoms with Crippen molar-refractivity contribution < 1.29 is 9.53 Å². The zero-order valence-electron chi connectivity index (χ0n) is 8.37. The lowest BCUT2D eigenvalue weighted by molar-refractivity contribution is 0.0536. The molecule has 1 rings (SSSR count). The van der Waals surface area contributed by atoms with Crippen molar-refractivity contribution in [3.8, 4) is 0 Å². The molecule has 0 aromatic carbocycles. The van der Waals surface area contributed by atoms with Gasteiger partial charge in [0, 0.05) is 6.20 Å². The third-order valence-corrected chi connectivity index (χ3v) is 1.32. The highest BCUT2D eigenvalue weighted by atomic mass is 16.6. The number of ether oxygens (including phenoxy) is 1. The predicted molar refractivity (Wildman–Crippen MR) is 48.6 cm³/mol. The fourth-order valence-corrected chi connectivity index (χ4v) is 0.836. The molecule has 0 atom stereocenters. The molecule has 0 radical (unpaired) electrons. The Balaban J connectivity index is 2.70. The molecule has 0 unspecified atom stereocenters. The Morgan fingerprint density at radius 1 is 1.54 bits per heavy atom. The summed E-state index contributed by atoms with van der Waals surface area (Å²) in [5.41, 5.74) is 0.334. The summed E-state index contributed by atoms with van der Waals surface area (Å²) in [6.45, 7) is 7.30. The van der Waals surface area contributed by atoms with Gasteiger partial charge in [0.25, 0.3) is 0 Å². The topological polar surface area (TPSA) is 44.1 Å². The van der Waals surface area contributed by atoms with Gasteiger partial charge >= 0.3 is 6.09 Å². The molecular weight excluding hydrogens is 168 g/mol. The molecule has 72 valence electrons. The Labute approximate surface area is 77.5 Å². The van der Waals surface area contributed by atoms with Crippen LogP contribution in [0, 0.1) is 6.92 Å². The van der Waals surface area contributed by atoms with E-state index in [1.165, 1.54) is 10.9 Å². The Bertz CT molecular complexity index is 310. The average molecular weight is 182 g/mol. The van der Waals surface area contributed by atoms with Gasteiger partial charge in [-0.3, -0.25) is 0 Å². The van der Waals surface area contributed by atoms with E-state index < -0.39 is 11.7 Å². The van der Waals surface area contributed by atoms with E-state index in [9.17, 15) is 4.79 Å². The maximum absolute atomic E-state index is 11.4. The fourth-order valence-electron chi connectivity index (χ4n) is 0.836. The van der Waals surface area contributed by atoms with Crippen LogP contribution in [0.25, 0.3) is 0 Å². The smallest absolute Gasteiger partial charge is 0.419 e. The van der Waals surface area contributed by atoms with Gasteiger partial charge < -0.3 is 4.74 Å². The monoisotopic (exact) mass is 182 g/mol. The van der Waals surface area contributed by atoms with Crippen LogP contribution in [-0.2, 0) is 4.74 Å². The summed E-state index contributed by atoms with van der Waals surface area (Å²) < 4.78 is 6.46. The molecule has 4 heteroatoms. The first-order valence-electron chi connectivity index (χ1n) is 4.12. The molecule has 4 nitrogen and oxygen atoms in total. The van der Waals surface area contributed by atoms with Crippen LogP contribution in [0.15, 0.2) is 12.5 Å². The molecule has 0 bridgehead atoms. The van der Waals surface area contributed by atoms with Crippen molar-refractivity contribution in [1.29, 1.82) is 0 Å². The summed E-state index contributed by atoms with van der Waals surface area (Å²) >= 11 is 0. The number of hydrogen-bond acceptors (Lipinski definition) is 3. The van der Waals surface area contributed by atoms with Crippen molar-refractivity contribution >= 4 is 6.09 Å². The highest BCUT2D eigenvalue weighted by molar-refractivity contribution is 5.70. The van der Waals surface area contributed by atoms with Crippen molar-refractivity contribution in [2.45, 2.75) is 33.3 Å². The van der Waals surface area contributed by atoms with Gasteiger partial charge in [0.05, 0.1) is 5.69 Å². The zero-order valence-corrected chi connectivity index (χ0v) is 8.37. The van der Waals surface area contributed by atoms with Crippen molar-refractivity contribution in [3.05, 3.63) is 18.2 Å². The molecule has 0 N–H and O–H groups in total. The van der Waals surface area contributed by atoms with Gasteiger partial charge in [-0.2, -0.15) is 0 Å². The molecule has 0 aliphatic heterocycles. The first-order chi connectivity index (χ1) is 5.88. The molecule has 1 aromatic rings. The lowest BCUT2D eigenvalue weighted by Gasteiger charge is -2.18. The number of rotatable bonds is 0. The van der Waals surface area contributed by atoms with E-state index in [0.29, 0.717) is 0 Å². The van der Waals surface area contributed by atoms with Crippen molar-refractivity contribution in [1.82, 2.24) is 9.55 Å². The highest BCUT2D eigenvalue weighted by Crippen LogP contribution is 2.08. The van der Waals surface area contributed by atoms with E-state index >= 15 is 0 Å². The number of imidazole rings is 1. The predicted octanol–water partition coefficient (Wildman–Crippen LogP) is 1.97. The molecule has 0 spiro atoms. The van der Waals surface area contributed by atoms with Crippen LogP contribution < -0.4 is 0 Å². The maximum atomic E-state index is 11.4. The minimum atomic E-state index is -0.463. The van der Waals surface area contributed by atoms with Gasteiger partial charge in [-0.25, -0.2) is 14.3 Å². The Kier molecular flexibility index (Phi) is 2.40. The number of carbonyl (C=O) groups excluding carboxylic acids is 1. The maximum Gasteiger partial charge on any atom is 0.419 e. The van der Waals surface area contributed by atoms with E-state index in [0.717, 1.165) is 5.69 Å². The number of aryl methyl sites for hydroxylation is 1. The summed E-state index contributed by atoms with van der Waals surface area (Å²) in [5.74, 6) is 0. The lowest BCUT2D eigenvalue weighted by Crippen LogP contribution is -2.26. The SMILES string of the molecule is Cc1cn(C(=O)OC(C)(C)C)cn1. The van der Waals surface area contributed by atoms with Crippen molar-refractivity contribution in [2.75, 3.05) is 0 Å². The van der Waals surface area contributed by atoms with Crippen molar-refractivity contribution in [3.63, 3.8) is 0 Å². The van der Waals surface area contributed by atoms with Gasteiger partial charge in [-0.05, 0) is 27.7 Å². The highest BCUT2D eigenvalue weighted by Gasteiger charge is 2.17. The summed E-state index contributed by atoms with van der Waals surface area (Å²) in [4.78, 5) is 15.3. The molecule has 1 heterocycles. The fraction of sp³-hybridized carbons (Fsp3) is 0.556. The van der Waals surface area contributed by atoms with E-state index in [4.69, 9.17) is 4.74 Å². The quantitative estimate of drug-likeness (QED) is 0.616. The molecule has 1 aromatic heterocycles. The van der Waals surface area contributed by atoms with Gasteiger partial charge in [-0.1, -0.05) is 0 Å². The van der Waals surface area contributed by atoms with Gasteiger partial charge in [0.1, 0.15) is 11.9 Å². The number of nitrogens with zero attached hydrogens (tertiary/aromatic N) is 2. The van der Waals surface area contributed by atoms with Crippen LogP contribution in [0.2, 0.25) is 0 Å². The van der Waals surface area contributed by atoms with Gasteiger partial charge in [0.2, 0.25) is 0 Å². The van der Waals surface area contributed by atoms with Gasteiger partial charge in [-0.15, -0.1) is 0 Å². The second kappa shape index (κ2) is 3.20. The molecule has 0 aliphatic carbocycles. The third kappa shape index (κ3) is 2.89. The molecule has 0 saturated heterocycles. The molecular formula is C9H14N2O2. The zero-order chi connectivity index (χ0) is 10.1. The number of carbonyl (C=O) groups is 1. The Hall–Kier alpha value is -1.32. The normalized spacial score (nSPS) is 11.4. The molecule has 13 heavy (non-hydrogen) atoms. The summed E-state index contributed by atoms with van der Waals surface area (Å²) in [7, 11) is 0. The Morgan fingerprint density at radius 3 is 2.54 bits per heavy atom. The van der Waals surface area contributed by atoms with Crippen LogP contribution in [-0.4, -0.2) is 21.2 Å². The molecule has 0 saturated carbocycles. The Morgan fingerprint density at radius 2 is 2.15 bits per heavy atom. The van der Waals surface area contributed by atoms with Gasteiger partial charge in [0.15, 0.2) is 0 Å². The van der Waals surface area contributed by atoms with Crippen LogP contribution >= 0.6 is 0 Å². The second-order valence-electron chi connectivity index (χ2n) is 3.90. The molecule has 0 fully saturated rings. The van der Waals surface area contributed by atoms with E-state index in [2.05, 4.69) is 4.98 Å². The second-order valence-corrected chi connectivity index (χ2v) is 3.90. The summed E-state index contributed by atoms with van der Waals surface area (Å²) in [6, 6.07) is 0. The first kappa shape index (κ1) is 9.77. The van der Waals surface area contributed by atoms with E-state index in [-0.39, 0.29) is 0 Å². The summed E-state index contributed by atoms with van der Waals surface area (Å²) in [5, 5.41) is 0. The molecule has 0 aliphatic rings. The minimum absolute atomic E-state index is 0.395. The third-order valence-electron chi connectivity index (χ3n) is 1.32. The van der Waals surface area contributed by atoms with Crippen molar-refractivity contribution in [2.24, 2.45) is 0 Å². The largest absolute Gasteiger partial charge is 0.443 e. The van der Waals surface area contributed by atoms with E-state index in [1.807, 2.05) is 27.7 Å². The molecule has 0 amide bonds. The number of aromatic nitrogens is 2. The minimum Gasteiger partial charge on any atom is -0.443 e. The van der Waals surface area contributed by atoms with Crippen LogP contribution in [0.4, 0.5) is 4.79 Å². The van der Waals surface area contributed by atoms with Crippen LogP contribution in [0.3, 0.4) is 0 Å².